The van der Waals surface area contributed by atoms with E-state index in [1.54, 1.807) is 0 Å². The van der Waals surface area contributed by atoms with Gasteiger partial charge in [-0.15, -0.1) is 0 Å². The van der Waals surface area contributed by atoms with Crippen molar-refractivity contribution in [1.29, 1.82) is 0 Å². The van der Waals surface area contributed by atoms with E-state index in [2.05, 4.69) is 54.5 Å². The smallest absolute Gasteiger partial charge is 0.156 e. The molecule has 2 unspecified atom stereocenters. The standard InChI is InChI=1S/C13H18N2S/c1-10(12-6-4-3-5-7-12)8-14-13-15-9-11(2)16-13/h3-7,10-11H,8-9H2,1-2H3,(H,14,15). The Labute approximate surface area is 102 Å². The second-order valence-corrected chi connectivity index (χ2v) is 5.69. The van der Waals surface area contributed by atoms with E-state index >= 15 is 0 Å². The van der Waals surface area contributed by atoms with Crippen LogP contribution in [-0.4, -0.2) is 23.5 Å². The van der Waals surface area contributed by atoms with E-state index < -0.39 is 0 Å². The number of hydrogen-bond acceptors (Lipinski definition) is 3. The van der Waals surface area contributed by atoms with Crippen LogP contribution in [0.25, 0.3) is 0 Å². The fourth-order valence-electron chi connectivity index (χ4n) is 1.71. The van der Waals surface area contributed by atoms with Crippen LogP contribution in [0.15, 0.2) is 35.3 Å². The van der Waals surface area contributed by atoms with Crippen LogP contribution in [0.1, 0.15) is 25.3 Å². The molecule has 86 valence electrons. The molecule has 1 N–H and O–H groups in total. The van der Waals surface area contributed by atoms with Gasteiger partial charge in [0, 0.05) is 11.8 Å². The second kappa shape index (κ2) is 5.39. The molecule has 0 fully saturated rings. The SMILES string of the molecule is CC1CN=C(NCC(C)c2ccccc2)S1. The van der Waals surface area contributed by atoms with E-state index in [4.69, 9.17) is 0 Å². The molecule has 2 nitrogen and oxygen atoms in total. The topological polar surface area (TPSA) is 24.4 Å². The first-order chi connectivity index (χ1) is 7.75. The Morgan fingerprint density at radius 1 is 1.44 bits per heavy atom. The van der Waals surface area contributed by atoms with Gasteiger partial charge in [-0.25, -0.2) is 0 Å². The van der Waals surface area contributed by atoms with Gasteiger partial charge in [0.1, 0.15) is 0 Å². The van der Waals surface area contributed by atoms with E-state index in [9.17, 15) is 0 Å². The fourth-order valence-corrected chi connectivity index (χ4v) is 2.56. The summed E-state index contributed by atoms with van der Waals surface area (Å²) in [6.07, 6.45) is 0. The zero-order chi connectivity index (χ0) is 11.4. The van der Waals surface area contributed by atoms with Crippen molar-refractivity contribution in [2.45, 2.75) is 25.0 Å². The van der Waals surface area contributed by atoms with E-state index in [1.165, 1.54) is 5.56 Å². The number of hydrogen-bond donors (Lipinski definition) is 1. The normalized spacial score (nSPS) is 21.6. The predicted molar refractivity (Wildman–Crippen MR) is 72.2 cm³/mol. The molecule has 0 radical (unpaired) electrons. The van der Waals surface area contributed by atoms with Crippen molar-refractivity contribution in [1.82, 2.24) is 5.32 Å². The number of rotatable bonds is 3. The van der Waals surface area contributed by atoms with E-state index in [0.717, 1.165) is 18.3 Å². The highest BCUT2D eigenvalue weighted by atomic mass is 32.2. The van der Waals surface area contributed by atoms with Crippen LogP contribution in [0.4, 0.5) is 0 Å². The first kappa shape index (κ1) is 11.5. The molecule has 1 aromatic rings. The maximum Gasteiger partial charge on any atom is 0.156 e. The van der Waals surface area contributed by atoms with Gasteiger partial charge in [0.25, 0.3) is 0 Å². The lowest BCUT2D eigenvalue weighted by Crippen LogP contribution is -2.24. The van der Waals surface area contributed by atoms with Crippen molar-refractivity contribution in [3.8, 4) is 0 Å². The van der Waals surface area contributed by atoms with Crippen LogP contribution >= 0.6 is 11.8 Å². The van der Waals surface area contributed by atoms with Gasteiger partial charge in [0.05, 0.1) is 6.54 Å². The molecule has 0 amide bonds. The minimum absolute atomic E-state index is 0.528. The van der Waals surface area contributed by atoms with Gasteiger partial charge in [-0.1, -0.05) is 55.9 Å². The minimum Gasteiger partial charge on any atom is -0.364 e. The van der Waals surface area contributed by atoms with Crippen LogP contribution < -0.4 is 5.32 Å². The van der Waals surface area contributed by atoms with Crippen molar-refractivity contribution in [3.05, 3.63) is 35.9 Å². The highest BCUT2D eigenvalue weighted by molar-refractivity contribution is 8.14. The Morgan fingerprint density at radius 3 is 2.81 bits per heavy atom. The van der Waals surface area contributed by atoms with Crippen LogP contribution in [0.2, 0.25) is 0 Å². The molecular weight excluding hydrogens is 216 g/mol. The summed E-state index contributed by atoms with van der Waals surface area (Å²) in [6.45, 7) is 6.37. The molecular formula is C13H18N2S. The molecule has 2 rings (SSSR count). The number of thioether (sulfide) groups is 1. The van der Waals surface area contributed by atoms with Crippen molar-refractivity contribution in [3.63, 3.8) is 0 Å². The van der Waals surface area contributed by atoms with Gasteiger partial charge in [-0.05, 0) is 11.5 Å². The Balaban J connectivity index is 1.82. The third kappa shape index (κ3) is 3.01. The third-order valence-corrected chi connectivity index (χ3v) is 3.78. The van der Waals surface area contributed by atoms with Crippen LogP contribution in [0.3, 0.4) is 0 Å². The Morgan fingerprint density at radius 2 is 2.19 bits per heavy atom. The Kier molecular flexibility index (Phi) is 3.88. The number of nitrogens with one attached hydrogen (secondary N) is 1. The Hall–Kier alpha value is -0.960. The van der Waals surface area contributed by atoms with Crippen molar-refractivity contribution >= 4 is 16.9 Å². The van der Waals surface area contributed by atoms with Crippen LogP contribution in [0, 0.1) is 0 Å². The van der Waals surface area contributed by atoms with Gasteiger partial charge >= 0.3 is 0 Å². The molecule has 0 aromatic heterocycles. The minimum atomic E-state index is 0.528. The summed E-state index contributed by atoms with van der Waals surface area (Å²) in [4.78, 5) is 4.45. The van der Waals surface area contributed by atoms with Crippen molar-refractivity contribution in [2.75, 3.05) is 13.1 Å². The number of benzene rings is 1. The summed E-state index contributed by atoms with van der Waals surface area (Å²) in [5.41, 5.74) is 1.38. The average molecular weight is 234 g/mol. The summed E-state index contributed by atoms with van der Waals surface area (Å²) in [5, 5.41) is 5.16. The van der Waals surface area contributed by atoms with E-state index in [0.29, 0.717) is 11.2 Å². The van der Waals surface area contributed by atoms with Crippen LogP contribution in [-0.2, 0) is 0 Å². The molecule has 3 heteroatoms. The maximum atomic E-state index is 4.45. The molecule has 0 aliphatic carbocycles. The summed E-state index contributed by atoms with van der Waals surface area (Å²) < 4.78 is 0. The maximum absolute atomic E-state index is 4.45. The molecule has 1 aliphatic heterocycles. The first-order valence-corrected chi connectivity index (χ1v) is 6.63. The first-order valence-electron chi connectivity index (χ1n) is 5.75. The molecule has 1 aromatic carbocycles. The lowest BCUT2D eigenvalue weighted by Gasteiger charge is -2.13. The molecule has 16 heavy (non-hydrogen) atoms. The van der Waals surface area contributed by atoms with Gasteiger partial charge in [-0.2, -0.15) is 0 Å². The third-order valence-electron chi connectivity index (χ3n) is 2.73. The molecule has 0 bridgehead atoms. The van der Waals surface area contributed by atoms with Gasteiger partial charge < -0.3 is 5.32 Å². The highest BCUT2D eigenvalue weighted by Crippen LogP contribution is 2.19. The fraction of sp³-hybridized carbons (Fsp3) is 0.462. The molecule has 0 saturated heterocycles. The summed E-state index contributed by atoms with van der Waals surface area (Å²) >= 11 is 1.84. The lowest BCUT2D eigenvalue weighted by atomic mass is 10.0. The molecule has 1 heterocycles. The monoisotopic (exact) mass is 234 g/mol. The summed E-state index contributed by atoms with van der Waals surface area (Å²) in [5.74, 6) is 0.528. The van der Waals surface area contributed by atoms with Gasteiger partial charge in [0.2, 0.25) is 0 Å². The lowest BCUT2D eigenvalue weighted by molar-refractivity contribution is 0.723. The highest BCUT2D eigenvalue weighted by Gasteiger charge is 2.15. The number of aliphatic imine (C=N–C) groups is 1. The molecule has 2 atom stereocenters. The molecule has 1 aliphatic rings. The van der Waals surface area contributed by atoms with Gasteiger partial charge in [-0.3, -0.25) is 4.99 Å². The molecule has 0 saturated carbocycles. The van der Waals surface area contributed by atoms with Crippen LogP contribution in [0.5, 0.6) is 0 Å². The summed E-state index contributed by atoms with van der Waals surface area (Å²) in [7, 11) is 0. The zero-order valence-electron chi connectivity index (χ0n) is 9.81. The van der Waals surface area contributed by atoms with E-state index in [-0.39, 0.29) is 0 Å². The van der Waals surface area contributed by atoms with Crippen molar-refractivity contribution < 1.29 is 0 Å². The quantitative estimate of drug-likeness (QED) is 0.869. The van der Waals surface area contributed by atoms with E-state index in [1.807, 2.05) is 11.8 Å². The largest absolute Gasteiger partial charge is 0.364 e. The van der Waals surface area contributed by atoms with Gasteiger partial charge in [0.15, 0.2) is 5.17 Å². The second-order valence-electron chi connectivity index (χ2n) is 4.27. The molecule has 0 spiro atoms. The van der Waals surface area contributed by atoms with Crippen molar-refractivity contribution in [2.24, 2.45) is 4.99 Å². The summed E-state index contributed by atoms with van der Waals surface area (Å²) in [6, 6.07) is 10.6. The Bertz CT molecular complexity index is 361. The predicted octanol–water partition coefficient (Wildman–Crippen LogP) is 2.87. The zero-order valence-corrected chi connectivity index (χ0v) is 10.6. The number of nitrogens with zero attached hydrogens (tertiary/aromatic N) is 1. The number of amidine groups is 1. The average Bonchev–Trinajstić information content (AvgIpc) is 2.73.